The van der Waals surface area contributed by atoms with Gasteiger partial charge in [0.2, 0.25) is 5.91 Å². The van der Waals surface area contributed by atoms with Gasteiger partial charge >= 0.3 is 0 Å². The second-order valence-electron chi connectivity index (χ2n) is 4.18. The van der Waals surface area contributed by atoms with Crippen LogP contribution in [0.1, 0.15) is 15.7 Å². The summed E-state index contributed by atoms with van der Waals surface area (Å²) in [6, 6.07) is 9.96. The molecule has 1 aromatic carbocycles. The van der Waals surface area contributed by atoms with Crippen molar-refractivity contribution >= 4 is 34.7 Å². The maximum absolute atomic E-state index is 11.7. The second kappa shape index (κ2) is 5.27. The van der Waals surface area contributed by atoms with Crippen LogP contribution in [0, 0.1) is 0 Å². The smallest absolute Gasteiger partial charge is 0.234 e. The lowest BCUT2D eigenvalue weighted by Gasteiger charge is -2.17. The number of benzene rings is 1. The number of hydrogen-bond donors (Lipinski definition) is 1. The van der Waals surface area contributed by atoms with Crippen molar-refractivity contribution < 1.29 is 9.53 Å². The minimum Gasteiger partial charge on any atom is -0.496 e. The van der Waals surface area contributed by atoms with Crippen LogP contribution in [0.3, 0.4) is 0 Å². The van der Waals surface area contributed by atoms with E-state index < -0.39 is 0 Å². The molecule has 1 unspecified atom stereocenters. The van der Waals surface area contributed by atoms with E-state index in [0.29, 0.717) is 5.75 Å². The number of methoxy groups -OCH3 is 1. The predicted octanol–water partition coefficient (Wildman–Crippen LogP) is 3.53. The molecule has 0 saturated carbocycles. The first kappa shape index (κ1) is 12.6. The Kier molecular flexibility index (Phi) is 3.48. The molecule has 98 valence electrons. The third-order valence-corrected chi connectivity index (χ3v) is 5.39. The lowest BCUT2D eigenvalue weighted by molar-refractivity contribution is -0.113. The fraction of sp³-hybridized carbons (Fsp3) is 0.214. The van der Waals surface area contributed by atoms with Gasteiger partial charge in [-0.05, 0) is 17.5 Å². The van der Waals surface area contributed by atoms with E-state index in [4.69, 9.17) is 4.74 Å². The van der Waals surface area contributed by atoms with Gasteiger partial charge in [-0.3, -0.25) is 4.79 Å². The zero-order valence-corrected chi connectivity index (χ0v) is 12.0. The average molecular weight is 291 g/mol. The van der Waals surface area contributed by atoms with Crippen LogP contribution >= 0.6 is 23.1 Å². The quantitative estimate of drug-likeness (QED) is 0.920. The predicted molar refractivity (Wildman–Crippen MR) is 80.2 cm³/mol. The van der Waals surface area contributed by atoms with Crippen molar-refractivity contribution in [3.63, 3.8) is 0 Å². The normalized spacial score (nSPS) is 18.4. The molecule has 1 N–H and O–H groups in total. The van der Waals surface area contributed by atoms with Crippen LogP contribution in [0.2, 0.25) is 0 Å². The van der Waals surface area contributed by atoms with E-state index in [1.165, 1.54) is 4.88 Å². The van der Waals surface area contributed by atoms with Crippen molar-refractivity contribution in [3.05, 3.63) is 46.2 Å². The molecule has 3 nitrogen and oxygen atoms in total. The lowest BCUT2D eigenvalue weighted by Crippen LogP contribution is -2.11. The van der Waals surface area contributed by atoms with Gasteiger partial charge in [-0.25, -0.2) is 0 Å². The highest BCUT2D eigenvalue weighted by molar-refractivity contribution is 8.00. The molecule has 1 amide bonds. The van der Waals surface area contributed by atoms with Gasteiger partial charge in [-0.1, -0.05) is 18.2 Å². The minimum atomic E-state index is 0.0575. The van der Waals surface area contributed by atoms with Crippen molar-refractivity contribution in [2.24, 2.45) is 0 Å². The first-order valence-corrected chi connectivity index (χ1v) is 7.84. The molecule has 0 saturated heterocycles. The Morgan fingerprint density at radius 1 is 1.32 bits per heavy atom. The van der Waals surface area contributed by atoms with E-state index in [1.54, 1.807) is 30.2 Å². The minimum absolute atomic E-state index is 0.0575. The summed E-state index contributed by atoms with van der Waals surface area (Å²) in [5.41, 5.74) is 2.05. The number of anilines is 1. The summed E-state index contributed by atoms with van der Waals surface area (Å²) >= 11 is 3.31. The van der Waals surface area contributed by atoms with Crippen LogP contribution in [0.4, 0.5) is 5.69 Å². The van der Waals surface area contributed by atoms with Crippen LogP contribution in [0.15, 0.2) is 35.7 Å². The number of ether oxygens (including phenoxy) is 1. The van der Waals surface area contributed by atoms with E-state index in [2.05, 4.69) is 11.4 Å². The van der Waals surface area contributed by atoms with Crippen LogP contribution in [-0.2, 0) is 4.79 Å². The molecule has 2 heterocycles. The van der Waals surface area contributed by atoms with Gasteiger partial charge in [0.05, 0.1) is 23.8 Å². The summed E-state index contributed by atoms with van der Waals surface area (Å²) in [5, 5.41) is 5.11. The molecule has 3 rings (SSSR count). The molecule has 0 fully saturated rings. The van der Waals surface area contributed by atoms with Crippen molar-refractivity contribution in [2.75, 3.05) is 18.2 Å². The first-order valence-electron chi connectivity index (χ1n) is 5.91. The molecular formula is C14H13NO2S2. The third-order valence-electron chi connectivity index (χ3n) is 3.01. The lowest BCUT2D eigenvalue weighted by atomic mass is 10.1. The molecule has 0 bridgehead atoms. The summed E-state index contributed by atoms with van der Waals surface area (Å²) in [5.74, 6) is 1.39. The number of para-hydroxylation sites is 1. The molecule has 0 radical (unpaired) electrons. The second-order valence-corrected chi connectivity index (χ2v) is 6.22. The van der Waals surface area contributed by atoms with Gasteiger partial charge in [-0.15, -0.1) is 23.1 Å². The van der Waals surface area contributed by atoms with Gasteiger partial charge in [0.1, 0.15) is 5.75 Å². The van der Waals surface area contributed by atoms with Crippen molar-refractivity contribution in [1.29, 1.82) is 0 Å². The summed E-state index contributed by atoms with van der Waals surface area (Å²) in [7, 11) is 1.68. The number of nitrogens with one attached hydrogen (secondary N) is 1. The molecule has 2 aromatic rings. The number of carbonyl (C=O) groups is 1. The van der Waals surface area contributed by atoms with Crippen LogP contribution < -0.4 is 10.1 Å². The molecule has 5 heteroatoms. The monoisotopic (exact) mass is 291 g/mol. The Hall–Kier alpha value is -1.46. The molecule has 1 aromatic heterocycles. The molecular weight excluding hydrogens is 278 g/mol. The Labute approximate surface area is 120 Å². The summed E-state index contributed by atoms with van der Waals surface area (Å²) < 4.78 is 5.44. The number of thioether (sulfide) groups is 1. The molecule has 1 aliphatic heterocycles. The van der Waals surface area contributed by atoms with Crippen molar-refractivity contribution in [2.45, 2.75) is 5.25 Å². The summed E-state index contributed by atoms with van der Waals surface area (Å²) in [6.45, 7) is 0. The number of thiophene rings is 1. The maximum atomic E-state index is 11.7. The highest BCUT2D eigenvalue weighted by Crippen LogP contribution is 2.46. The van der Waals surface area contributed by atoms with E-state index in [9.17, 15) is 4.79 Å². The molecule has 0 spiro atoms. The molecule has 1 aliphatic rings. The average Bonchev–Trinajstić information content (AvgIpc) is 2.81. The largest absolute Gasteiger partial charge is 0.496 e. The topological polar surface area (TPSA) is 38.3 Å². The highest BCUT2D eigenvalue weighted by atomic mass is 32.2. The Morgan fingerprint density at radius 3 is 3.00 bits per heavy atom. The first-order chi connectivity index (χ1) is 9.29. The zero-order valence-electron chi connectivity index (χ0n) is 10.4. The fourth-order valence-corrected chi connectivity index (χ4v) is 4.42. The van der Waals surface area contributed by atoms with E-state index in [1.807, 2.05) is 29.6 Å². The van der Waals surface area contributed by atoms with E-state index in [-0.39, 0.29) is 11.2 Å². The van der Waals surface area contributed by atoms with E-state index >= 15 is 0 Å². The summed E-state index contributed by atoms with van der Waals surface area (Å²) in [6.07, 6.45) is 0. The van der Waals surface area contributed by atoms with Gasteiger partial charge in [0.15, 0.2) is 0 Å². The Morgan fingerprint density at radius 2 is 2.16 bits per heavy atom. The Balaban J connectivity index is 2.08. The number of hydrogen-bond acceptors (Lipinski definition) is 4. The van der Waals surface area contributed by atoms with E-state index in [0.717, 1.165) is 17.0 Å². The van der Waals surface area contributed by atoms with Gasteiger partial charge in [0, 0.05) is 10.4 Å². The van der Waals surface area contributed by atoms with Gasteiger partial charge in [0.25, 0.3) is 0 Å². The standard InChI is InChI=1S/C14H13NO2S2/c1-17-11-5-3-2-4-9(11)13-14-10(6-7-18-14)15-12(16)8-19-13/h2-7,13H,8H2,1H3,(H,15,16). The number of amides is 1. The van der Waals surface area contributed by atoms with Crippen LogP contribution in [-0.4, -0.2) is 18.8 Å². The van der Waals surface area contributed by atoms with Crippen molar-refractivity contribution in [3.8, 4) is 5.75 Å². The number of rotatable bonds is 2. The zero-order chi connectivity index (χ0) is 13.2. The van der Waals surface area contributed by atoms with Gasteiger partial charge < -0.3 is 10.1 Å². The van der Waals surface area contributed by atoms with Crippen molar-refractivity contribution in [1.82, 2.24) is 0 Å². The number of fused-ring (bicyclic) bond motifs is 1. The number of carbonyl (C=O) groups excluding carboxylic acids is 1. The molecule has 0 aliphatic carbocycles. The third kappa shape index (κ3) is 2.35. The van der Waals surface area contributed by atoms with Crippen LogP contribution in [0.25, 0.3) is 0 Å². The SMILES string of the molecule is COc1ccccc1C1SCC(=O)Nc2ccsc21. The molecule has 19 heavy (non-hydrogen) atoms. The van der Waals surface area contributed by atoms with Gasteiger partial charge in [-0.2, -0.15) is 0 Å². The fourth-order valence-electron chi connectivity index (χ4n) is 2.16. The Bertz CT molecular complexity index is 609. The van der Waals surface area contributed by atoms with Crippen LogP contribution in [0.5, 0.6) is 5.75 Å². The maximum Gasteiger partial charge on any atom is 0.234 e. The highest BCUT2D eigenvalue weighted by Gasteiger charge is 2.27. The summed E-state index contributed by atoms with van der Waals surface area (Å²) in [4.78, 5) is 12.9. The molecule has 1 atom stereocenters.